The highest BCUT2D eigenvalue weighted by molar-refractivity contribution is 9.11. The fourth-order valence-corrected chi connectivity index (χ4v) is 5.46. The van der Waals surface area contributed by atoms with E-state index < -0.39 is 11.6 Å². The lowest BCUT2D eigenvalue weighted by molar-refractivity contribution is 0.0817. The molecule has 268 valence electrons. The first-order valence-corrected chi connectivity index (χ1v) is 18.7. The number of amidine groups is 1. The van der Waals surface area contributed by atoms with Crippen LogP contribution in [0.3, 0.4) is 0 Å². The summed E-state index contributed by atoms with van der Waals surface area (Å²) in [6, 6.07) is 32.7. The predicted molar refractivity (Wildman–Crippen MR) is 221 cm³/mol. The predicted octanol–water partition coefficient (Wildman–Crippen LogP) is 8.52. The zero-order valence-electron chi connectivity index (χ0n) is 27.8. The summed E-state index contributed by atoms with van der Waals surface area (Å²) in [5, 5.41) is 11.9. The number of carbonyl (C=O) groups is 2. The minimum Gasteiger partial charge on any atom is -0.379 e. The highest BCUT2D eigenvalue weighted by atomic mass is 79.9. The monoisotopic (exact) mass is 970 g/mol. The Labute approximate surface area is 343 Å². The lowest BCUT2D eigenvalue weighted by Crippen LogP contribution is -2.18. The molecular weight excluding hydrogens is 948 g/mol. The largest absolute Gasteiger partial charge is 0.379 e. The van der Waals surface area contributed by atoms with Crippen LogP contribution < -0.4 is 11.6 Å². The van der Waals surface area contributed by atoms with Gasteiger partial charge in [0.15, 0.2) is 17.5 Å². The second kappa shape index (κ2) is 19.6. The molecule has 0 saturated carbocycles. The van der Waals surface area contributed by atoms with Gasteiger partial charge < -0.3 is 11.6 Å². The highest BCUT2D eigenvalue weighted by Gasteiger charge is 2.18. The second-order valence-corrected chi connectivity index (χ2v) is 14.3. The normalized spacial score (nSPS) is 10.6. The van der Waals surface area contributed by atoms with Crippen molar-refractivity contribution in [3.8, 4) is 34.2 Å². The summed E-state index contributed by atoms with van der Waals surface area (Å²) in [6.07, 6.45) is 6.46. The maximum Gasteiger partial charge on any atom is 0.233 e. The molecule has 0 amide bonds. The molecule has 0 atom stereocenters. The van der Waals surface area contributed by atoms with Crippen molar-refractivity contribution in [1.82, 2.24) is 35.1 Å². The lowest BCUT2D eigenvalue weighted by atomic mass is 10.0. The molecule has 0 aliphatic rings. The molecule has 4 N–H and O–H groups in total. The molecule has 0 radical (unpaired) electrons. The average molecular weight is 974 g/mol. The number of aromatic nitrogens is 7. The Kier molecular flexibility index (Phi) is 14.4. The number of halogens is 4. The molecule has 7 aromatic rings. The molecule has 3 heterocycles. The Morgan fingerprint density at radius 3 is 1.31 bits per heavy atom. The van der Waals surface area contributed by atoms with Gasteiger partial charge in [-0.25, -0.2) is 24.9 Å². The Bertz CT molecular complexity index is 2300. The van der Waals surface area contributed by atoms with Crippen LogP contribution >= 0.6 is 63.7 Å². The number of ketones is 2. The zero-order chi connectivity index (χ0) is 38.5. The molecule has 3 aromatic heterocycles. The summed E-state index contributed by atoms with van der Waals surface area (Å²) in [5.74, 6) is 5.23. The van der Waals surface area contributed by atoms with E-state index >= 15 is 0 Å². The van der Waals surface area contributed by atoms with Gasteiger partial charge >= 0.3 is 0 Å². The molecule has 7 rings (SSSR count). The first-order valence-electron chi connectivity index (χ1n) is 15.6. The van der Waals surface area contributed by atoms with Crippen LogP contribution in [0, 0.1) is 0 Å². The second-order valence-electron chi connectivity index (χ2n) is 10.7. The van der Waals surface area contributed by atoms with Crippen molar-refractivity contribution in [2.45, 2.75) is 0 Å². The fraction of sp³-hybridized carbons (Fsp3) is 0. The van der Waals surface area contributed by atoms with E-state index in [1.165, 1.54) is 0 Å². The van der Waals surface area contributed by atoms with Gasteiger partial charge in [0.05, 0.1) is 0 Å². The van der Waals surface area contributed by atoms with Crippen molar-refractivity contribution in [3.63, 3.8) is 0 Å². The van der Waals surface area contributed by atoms with E-state index in [-0.39, 0.29) is 5.84 Å². The van der Waals surface area contributed by atoms with Crippen molar-refractivity contribution >= 4 is 81.1 Å². The van der Waals surface area contributed by atoms with Crippen molar-refractivity contribution in [2.75, 3.05) is 0 Å². The van der Waals surface area contributed by atoms with Gasteiger partial charge in [0.25, 0.3) is 0 Å². The summed E-state index contributed by atoms with van der Waals surface area (Å²) in [7, 11) is 0. The van der Waals surface area contributed by atoms with E-state index in [9.17, 15) is 9.59 Å². The average Bonchev–Trinajstić information content (AvgIpc) is 3.22. The van der Waals surface area contributed by atoms with Gasteiger partial charge in [-0.3, -0.25) is 9.59 Å². The number of Topliss-reactive ketones (excluding diaryl/α,β-unsaturated/α-hetero) is 2. The minimum atomic E-state index is -0.496. The van der Waals surface area contributed by atoms with Crippen LogP contribution in [-0.4, -0.2) is 52.5 Å². The lowest BCUT2D eigenvalue weighted by Gasteiger charge is -2.09. The number of carbonyl (C=O) groups excluding carboxylic acids is 2. The van der Waals surface area contributed by atoms with Crippen molar-refractivity contribution in [1.29, 1.82) is 0 Å². The minimum absolute atomic E-state index is 0.139. The van der Waals surface area contributed by atoms with Crippen LogP contribution in [0.15, 0.2) is 157 Å². The molecule has 0 bridgehead atoms. The molecule has 12 nitrogen and oxygen atoms in total. The number of rotatable bonds is 7. The number of nitrogens with two attached hydrogens (primary N) is 2. The fourth-order valence-electron chi connectivity index (χ4n) is 4.40. The quantitative estimate of drug-likeness (QED) is 0.0389. The van der Waals surface area contributed by atoms with Gasteiger partial charge in [0.2, 0.25) is 17.4 Å². The molecule has 0 spiro atoms. The summed E-state index contributed by atoms with van der Waals surface area (Å²) in [4.78, 5) is 44.7. The third-order valence-corrected chi connectivity index (χ3v) is 9.16. The number of hydrazone groups is 1. The summed E-state index contributed by atoms with van der Waals surface area (Å²) >= 11 is 13.5. The summed E-state index contributed by atoms with van der Waals surface area (Å²) < 4.78 is 3.74. The third kappa shape index (κ3) is 11.1. The van der Waals surface area contributed by atoms with Crippen LogP contribution in [0.1, 0.15) is 26.5 Å². The molecule has 0 aliphatic carbocycles. The van der Waals surface area contributed by atoms with Gasteiger partial charge in [0.1, 0.15) is 11.4 Å². The summed E-state index contributed by atoms with van der Waals surface area (Å²) in [5.41, 5.74) is 9.40. The number of hydrogen-bond donors (Lipinski definition) is 2. The molecule has 0 aliphatic heterocycles. The first kappa shape index (κ1) is 39.8. The van der Waals surface area contributed by atoms with Crippen molar-refractivity contribution in [2.24, 2.45) is 16.7 Å². The maximum absolute atomic E-state index is 12.0. The Hall–Kier alpha value is -5.42. The van der Waals surface area contributed by atoms with Gasteiger partial charge in [-0.1, -0.05) is 88.0 Å². The van der Waals surface area contributed by atoms with E-state index in [4.69, 9.17) is 16.6 Å². The Morgan fingerprint density at radius 1 is 0.500 bits per heavy atom. The van der Waals surface area contributed by atoms with Crippen molar-refractivity contribution < 1.29 is 9.59 Å². The molecule has 0 unspecified atom stereocenters. The Balaban J connectivity index is 0.000000173. The van der Waals surface area contributed by atoms with E-state index in [1.54, 1.807) is 85.5 Å². The van der Waals surface area contributed by atoms with Gasteiger partial charge in [-0.15, -0.1) is 10.2 Å². The van der Waals surface area contributed by atoms with E-state index in [2.05, 4.69) is 99.0 Å². The van der Waals surface area contributed by atoms with Crippen LogP contribution in [0.2, 0.25) is 0 Å². The molecular formula is C38H26Br4N10O2. The number of benzene rings is 4. The smallest absolute Gasteiger partial charge is 0.233 e. The Morgan fingerprint density at radius 2 is 0.889 bits per heavy atom. The standard InChI is InChI=1S/C19H11Br2N5.C14H8Br2O2.C5H7N5/c20-14-6-2-12(3-7-14)16-17(13-4-8-15(21)9-5-13)25-26-19(24-16)18-22-10-1-11-23-18;15-11-5-1-9(2-6-11)13(17)14(18)10-3-7-12(16)8-4-10;6-4(10-7)5-8-2-1-3-9-5/h1-11H;1-8H;1-3H,7H2,(H2,6,10). The van der Waals surface area contributed by atoms with Crippen LogP contribution in [-0.2, 0) is 0 Å². The molecule has 0 saturated heterocycles. The van der Waals surface area contributed by atoms with Gasteiger partial charge in [-0.05, 0) is 84.9 Å². The summed E-state index contributed by atoms with van der Waals surface area (Å²) in [6.45, 7) is 0. The number of hydrogen-bond acceptors (Lipinski definition) is 11. The van der Waals surface area contributed by atoms with Crippen LogP contribution in [0.4, 0.5) is 0 Å². The van der Waals surface area contributed by atoms with Crippen molar-refractivity contribution in [3.05, 3.63) is 169 Å². The van der Waals surface area contributed by atoms with E-state index in [0.717, 1.165) is 34.7 Å². The molecule has 16 heteroatoms. The topological polar surface area (TPSA) is 189 Å². The molecule has 4 aromatic carbocycles. The molecule has 54 heavy (non-hydrogen) atoms. The SMILES string of the molecule is Brc1ccc(-c2nnc(-c3ncccn3)nc2-c2ccc(Br)cc2)cc1.N/N=C(\N)c1ncccn1.O=C(C(=O)c1ccc(Br)cc1)c1ccc(Br)cc1. The van der Waals surface area contributed by atoms with Gasteiger partial charge in [-0.2, -0.15) is 5.10 Å². The third-order valence-electron chi connectivity index (χ3n) is 7.04. The van der Waals surface area contributed by atoms with Gasteiger partial charge in [0, 0.05) is 64.9 Å². The first-order chi connectivity index (χ1) is 26.1. The van der Waals surface area contributed by atoms with Crippen LogP contribution in [0.5, 0.6) is 0 Å². The van der Waals surface area contributed by atoms with E-state index in [0.29, 0.717) is 34.3 Å². The highest BCUT2D eigenvalue weighted by Crippen LogP contribution is 2.31. The van der Waals surface area contributed by atoms with Crippen LogP contribution in [0.25, 0.3) is 34.2 Å². The number of nitrogens with zero attached hydrogens (tertiary/aromatic N) is 8. The molecule has 0 fully saturated rings. The van der Waals surface area contributed by atoms with E-state index in [1.807, 2.05) is 48.5 Å². The zero-order valence-corrected chi connectivity index (χ0v) is 34.1. The maximum atomic E-state index is 12.0.